The van der Waals surface area contributed by atoms with Crippen molar-refractivity contribution < 1.29 is 24.2 Å². The van der Waals surface area contributed by atoms with Crippen LogP contribution in [0.5, 0.6) is 0 Å². The van der Waals surface area contributed by atoms with Crippen molar-refractivity contribution >= 4 is 11.9 Å². The summed E-state index contributed by atoms with van der Waals surface area (Å²) in [6, 6.07) is -0.590. The molecule has 1 amide bonds. The molecule has 2 unspecified atom stereocenters. The van der Waals surface area contributed by atoms with E-state index in [2.05, 4.69) is 5.32 Å². The van der Waals surface area contributed by atoms with Gasteiger partial charge in [-0.2, -0.15) is 0 Å². The molecule has 0 radical (unpaired) electrons. The highest BCUT2D eigenvalue weighted by Crippen LogP contribution is 2.34. The Bertz CT molecular complexity index is 458. The molecule has 2 aliphatic rings. The Morgan fingerprint density at radius 2 is 2.05 bits per heavy atom. The van der Waals surface area contributed by atoms with Gasteiger partial charge in [-0.25, -0.2) is 4.79 Å². The van der Waals surface area contributed by atoms with Gasteiger partial charge in [0, 0.05) is 6.42 Å². The molecular formula is C14H19NO5. The minimum Gasteiger partial charge on any atom is -0.444 e. The molecule has 1 spiro atoms. The number of aliphatic hydroxyl groups is 1. The molecule has 1 aliphatic heterocycles. The number of alkyl carbamates (subject to hydrolysis) is 1. The van der Waals surface area contributed by atoms with Gasteiger partial charge in [0.25, 0.3) is 0 Å². The number of carbonyl (C=O) groups is 2. The second-order valence-corrected chi connectivity index (χ2v) is 5.99. The molecule has 0 saturated carbocycles. The first-order valence-electron chi connectivity index (χ1n) is 6.47. The molecule has 2 N–H and O–H groups in total. The molecular weight excluding hydrogens is 262 g/mol. The van der Waals surface area contributed by atoms with E-state index in [0.717, 1.165) is 0 Å². The normalized spacial score (nSPS) is 27.9. The van der Waals surface area contributed by atoms with E-state index < -0.39 is 29.6 Å². The number of amides is 1. The number of hydrogen-bond acceptors (Lipinski definition) is 5. The minimum absolute atomic E-state index is 0.128. The van der Waals surface area contributed by atoms with E-state index in [1.54, 1.807) is 32.9 Å². The highest BCUT2D eigenvalue weighted by atomic mass is 16.6. The lowest BCUT2D eigenvalue weighted by Crippen LogP contribution is -2.43. The largest absolute Gasteiger partial charge is 0.444 e. The summed E-state index contributed by atoms with van der Waals surface area (Å²) in [5.74, 6) is -0.128. The van der Waals surface area contributed by atoms with E-state index in [1.165, 1.54) is 12.2 Å². The summed E-state index contributed by atoms with van der Waals surface area (Å²) in [5.41, 5.74) is -1.45. The average Bonchev–Trinajstić information content (AvgIpc) is 2.58. The lowest BCUT2D eigenvalue weighted by molar-refractivity contribution is -0.116. The van der Waals surface area contributed by atoms with E-state index in [9.17, 15) is 14.7 Å². The van der Waals surface area contributed by atoms with Crippen LogP contribution in [0.4, 0.5) is 4.79 Å². The zero-order valence-electron chi connectivity index (χ0n) is 11.8. The Balaban J connectivity index is 1.98. The third-order valence-electron chi connectivity index (χ3n) is 2.98. The summed E-state index contributed by atoms with van der Waals surface area (Å²) < 4.78 is 10.6. The summed E-state index contributed by atoms with van der Waals surface area (Å²) in [6.45, 7) is 5.27. The fraction of sp³-hybridized carbons (Fsp3) is 0.571. The predicted molar refractivity (Wildman–Crippen MR) is 70.9 cm³/mol. The van der Waals surface area contributed by atoms with E-state index in [0.29, 0.717) is 6.42 Å². The van der Waals surface area contributed by atoms with Crippen LogP contribution in [-0.4, -0.2) is 40.5 Å². The predicted octanol–water partition coefficient (Wildman–Crippen LogP) is 1.05. The first kappa shape index (κ1) is 14.7. The number of ketones is 1. The van der Waals surface area contributed by atoms with Gasteiger partial charge in [0.2, 0.25) is 0 Å². The van der Waals surface area contributed by atoms with Crippen LogP contribution in [0.25, 0.3) is 0 Å². The van der Waals surface area contributed by atoms with Gasteiger partial charge in [-0.05, 0) is 45.1 Å². The summed E-state index contributed by atoms with van der Waals surface area (Å²) in [7, 11) is 0. The van der Waals surface area contributed by atoms with Gasteiger partial charge in [-0.3, -0.25) is 4.79 Å². The van der Waals surface area contributed by atoms with Gasteiger partial charge in [0.15, 0.2) is 12.1 Å². The maximum Gasteiger partial charge on any atom is 0.408 e. The second-order valence-electron chi connectivity index (χ2n) is 5.99. The van der Waals surface area contributed by atoms with Crippen molar-refractivity contribution in [2.24, 2.45) is 0 Å². The molecule has 1 aliphatic carbocycles. The molecule has 0 bridgehead atoms. The zero-order valence-corrected chi connectivity index (χ0v) is 11.8. The van der Waals surface area contributed by atoms with Gasteiger partial charge in [-0.15, -0.1) is 0 Å². The Hall–Kier alpha value is -1.66. The highest BCUT2D eigenvalue weighted by Gasteiger charge is 2.44. The molecule has 110 valence electrons. The number of carbonyl (C=O) groups excluding carboxylic acids is 2. The van der Waals surface area contributed by atoms with Crippen molar-refractivity contribution in [3.63, 3.8) is 0 Å². The van der Waals surface area contributed by atoms with E-state index in [-0.39, 0.29) is 5.78 Å². The maximum absolute atomic E-state index is 11.7. The lowest BCUT2D eigenvalue weighted by atomic mass is 9.93. The van der Waals surface area contributed by atoms with Crippen LogP contribution in [-0.2, 0) is 14.3 Å². The molecule has 0 aromatic carbocycles. The maximum atomic E-state index is 11.7. The van der Waals surface area contributed by atoms with Crippen LogP contribution >= 0.6 is 0 Å². The topological polar surface area (TPSA) is 84.9 Å². The fourth-order valence-electron chi connectivity index (χ4n) is 2.15. The number of rotatable bonds is 1. The molecule has 6 heteroatoms. The van der Waals surface area contributed by atoms with Crippen LogP contribution < -0.4 is 5.32 Å². The molecule has 1 saturated heterocycles. The number of nitrogens with one attached hydrogen (secondary N) is 1. The Morgan fingerprint density at radius 3 is 2.60 bits per heavy atom. The SMILES string of the molecule is CC(C)(C)OC(=O)NC1CC2(C=CC(=O)C=C2)OC1O. The quantitative estimate of drug-likeness (QED) is 0.750. The molecule has 20 heavy (non-hydrogen) atoms. The van der Waals surface area contributed by atoms with Crippen LogP contribution in [0.3, 0.4) is 0 Å². The molecule has 2 atom stereocenters. The van der Waals surface area contributed by atoms with Gasteiger partial charge in [0.05, 0.1) is 6.04 Å². The summed E-state index contributed by atoms with van der Waals surface area (Å²) in [4.78, 5) is 22.8. The van der Waals surface area contributed by atoms with Gasteiger partial charge in [-0.1, -0.05) is 0 Å². The van der Waals surface area contributed by atoms with Crippen molar-refractivity contribution in [2.45, 2.75) is 50.7 Å². The molecule has 6 nitrogen and oxygen atoms in total. The number of allylic oxidation sites excluding steroid dienone is 2. The Morgan fingerprint density at radius 1 is 1.45 bits per heavy atom. The summed E-state index contributed by atoms with van der Waals surface area (Å²) in [6.07, 6.45) is 4.55. The van der Waals surface area contributed by atoms with Crippen LogP contribution in [0.2, 0.25) is 0 Å². The second kappa shape index (κ2) is 5.03. The van der Waals surface area contributed by atoms with Crippen molar-refractivity contribution in [1.29, 1.82) is 0 Å². The monoisotopic (exact) mass is 281 g/mol. The smallest absolute Gasteiger partial charge is 0.408 e. The van der Waals surface area contributed by atoms with Gasteiger partial charge in [0.1, 0.15) is 11.2 Å². The lowest BCUT2D eigenvalue weighted by Gasteiger charge is -2.22. The summed E-state index contributed by atoms with van der Waals surface area (Å²) >= 11 is 0. The van der Waals surface area contributed by atoms with Gasteiger partial charge >= 0.3 is 6.09 Å². The van der Waals surface area contributed by atoms with Crippen molar-refractivity contribution in [1.82, 2.24) is 5.32 Å². The average molecular weight is 281 g/mol. The van der Waals surface area contributed by atoms with Crippen molar-refractivity contribution in [3.05, 3.63) is 24.3 Å². The number of hydrogen-bond donors (Lipinski definition) is 2. The zero-order chi connectivity index (χ0) is 15.0. The Labute approximate surface area is 117 Å². The first-order chi connectivity index (χ1) is 9.19. The molecule has 0 aromatic rings. The fourth-order valence-corrected chi connectivity index (χ4v) is 2.15. The Kier molecular flexibility index (Phi) is 3.71. The molecule has 1 heterocycles. The highest BCUT2D eigenvalue weighted by molar-refractivity contribution is 6.00. The standard InChI is InChI=1S/C14H19NO5/c1-13(2,3)20-12(18)15-10-8-14(19-11(10)17)6-4-9(16)5-7-14/h4-7,10-11,17H,8H2,1-3H3,(H,15,18). The number of ether oxygens (including phenoxy) is 2. The van der Waals surface area contributed by atoms with Crippen LogP contribution in [0, 0.1) is 0 Å². The van der Waals surface area contributed by atoms with Crippen LogP contribution in [0.1, 0.15) is 27.2 Å². The van der Waals surface area contributed by atoms with Crippen LogP contribution in [0.15, 0.2) is 24.3 Å². The van der Waals surface area contributed by atoms with E-state index >= 15 is 0 Å². The third kappa shape index (κ3) is 3.46. The molecule has 2 rings (SSSR count). The van der Waals surface area contributed by atoms with E-state index in [4.69, 9.17) is 9.47 Å². The van der Waals surface area contributed by atoms with Crippen molar-refractivity contribution in [3.8, 4) is 0 Å². The van der Waals surface area contributed by atoms with E-state index in [1.807, 2.05) is 0 Å². The van der Waals surface area contributed by atoms with Gasteiger partial charge < -0.3 is 19.9 Å². The molecule has 0 aromatic heterocycles. The molecule has 1 fully saturated rings. The number of aliphatic hydroxyl groups excluding tert-OH is 1. The minimum atomic E-state index is -1.15. The first-order valence-corrected chi connectivity index (χ1v) is 6.47. The third-order valence-corrected chi connectivity index (χ3v) is 2.98. The summed E-state index contributed by atoms with van der Waals surface area (Å²) in [5, 5.41) is 12.5. The van der Waals surface area contributed by atoms with Crippen molar-refractivity contribution in [2.75, 3.05) is 0 Å².